The number of nitrogens with zero attached hydrogens (tertiary/aromatic N) is 3. The molecule has 2 N–H and O–H groups in total. The van der Waals surface area contributed by atoms with Crippen LogP contribution in [0.15, 0.2) is 41.4 Å². The molecule has 2 aliphatic rings. The molecule has 0 unspecified atom stereocenters. The first kappa shape index (κ1) is 25.8. The lowest BCUT2D eigenvalue weighted by Crippen LogP contribution is -2.35. The van der Waals surface area contributed by atoms with Crippen molar-refractivity contribution >= 4 is 64.1 Å². The highest BCUT2D eigenvalue weighted by Crippen LogP contribution is 2.37. The lowest BCUT2D eigenvalue weighted by Gasteiger charge is -2.34. The molecule has 0 saturated carbocycles. The number of rotatable bonds is 7. The molecular weight excluding hydrogens is 505 g/mol. The average Bonchev–Trinajstić information content (AvgIpc) is 2.86. The number of hydrogen-bond donors (Lipinski definition) is 2. The summed E-state index contributed by atoms with van der Waals surface area (Å²) < 4.78 is 5.42. The molecule has 2 aromatic heterocycles. The summed E-state index contributed by atoms with van der Waals surface area (Å²) in [6.45, 7) is 3.60. The quantitative estimate of drug-likeness (QED) is 0.406. The van der Waals surface area contributed by atoms with E-state index in [1.165, 1.54) is 11.8 Å². The topological polar surface area (TPSA) is 79.4 Å². The van der Waals surface area contributed by atoms with Gasteiger partial charge in [0, 0.05) is 31.2 Å². The first-order valence-electron chi connectivity index (χ1n) is 11.6. The summed E-state index contributed by atoms with van der Waals surface area (Å²) in [5.41, 5.74) is 2.94. The van der Waals surface area contributed by atoms with Crippen LogP contribution in [-0.4, -0.2) is 48.4 Å². The number of amides is 1. The van der Waals surface area contributed by atoms with E-state index in [9.17, 15) is 4.79 Å². The van der Waals surface area contributed by atoms with Crippen molar-refractivity contribution in [3.63, 3.8) is 0 Å². The highest BCUT2D eigenvalue weighted by molar-refractivity contribution is 8.00. The molecule has 2 aliphatic heterocycles. The van der Waals surface area contributed by atoms with Gasteiger partial charge in [-0.1, -0.05) is 11.6 Å². The van der Waals surface area contributed by atoms with Crippen LogP contribution in [0, 0.1) is 5.92 Å². The summed E-state index contributed by atoms with van der Waals surface area (Å²) in [4.78, 5) is 24.1. The Kier molecular flexibility index (Phi) is 8.59. The van der Waals surface area contributed by atoms with Crippen molar-refractivity contribution in [2.24, 2.45) is 5.92 Å². The molecule has 0 radical (unpaired) electrons. The van der Waals surface area contributed by atoms with Crippen molar-refractivity contribution in [3.8, 4) is 5.75 Å². The molecule has 3 aromatic rings. The van der Waals surface area contributed by atoms with E-state index >= 15 is 0 Å². The van der Waals surface area contributed by atoms with Crippen molar-refractivity contribution in [2.75, 3.05) is 42.7 Å². The van der Waals surface area contributed by atoms with E-state index in [0.29, 0.717) is 29.1 Å². The van der Waals surface area contributed by atoms with Crippen LogP contribution < -0.4 is 20.3 Å². The van der Waals surface area contributed by atoms with Crippen LogP contribution in [0.3, 0.4) is 0 Å². The number of nitrogens with one attached hydrogen (secondary N) is 2. The lowest BCUT2D eigenvalue weighted by molar-refractivity contribution is -0.113. The molecule has 0 bridgehead atoms. The molecule has 0 spiro atoms. The van der Waals surface area contributed by atoms with Gasteiger partial charge >= 0.3 is 0 Å². The Morgan fingerprint density at radius 2 is 2.09 bits per heavy atom. The number of carbonyl (C=O) groups excluding carboxylic acids is 1. The highest BCUT2D eigenvalue weighted by atomic mass is 35.5. The predicted octanol–water partition coefficient (Wildman–Crippen LogP) is 5.15. The van der Waals surface area contributed by atoms with E-state index in [1.54, 1.807) is 13.3 Å². The van der Waals surface area contributed by atoms with Gasteiger partial charge in [-0.15, -0.1) is 24.2 Å². The fourth-order valence-electron chi connectivity index (χ4n) is 4.65. The van der Waals surface area contributed by atoms with Crippen molar-refractivity contribution in [1.29, 1.82) is 0 Å². The van der Waals surface area contributed by atoms with E-state index < -0.39 is 0 Å². The van der Waals surface area contributed by atoms with Crippen molar-refractivity contribution in [2.45, 2.75) is 30.7 Å². The molecule has 10 heteroatoms. The molecule has 1 saturated heterocycles. The summed E-state index contributed by atoms with van der Waals surface area (Å²) >= 11 is 8.13. The molecule has 1 aromatic carbocycles. The van der Waals surface area contributed by atoms with Gasteiger partial charge in [-0.2, -0.15) is 0 Å². The molecule has 186 valence electrons. The van der Waals surface area contributed by atoms with Crippen molar-refractivity contribution < 1.29 is 9.53 Å². The number of piperidine rings is 1. The summed E-state index contributed by atoms with van der Waals surface area (Å²) in [6, 6.07) is 10.0. The monoisotopic (exact) mass is 533 g/mol. The van der Waals surface area contributed by atoms with E-state index in [-0.39, 0.29) is 18.3 Å². The Labute approximate surface area is 220 Å². The Morgan fingerprint density at radius 3 is 2.89 bits per heavy atom. The summed E-state index contributed by atoms with van der Waals surface area (Å²) in [7, 11) is 1.68. The van der Waals surface area contributed by atoms with Crippen LogP contribution >= 0.6 is 35.8 Å². The lowest BCUT2D eigenvalue weighted by atomic mass is 9.93. The Hall–Kier alpha value is -2.26. The molecule has 35 heavy (non-hydrogen) atoms. The van der Waals surface area contributed by atoms with Gasteiger partial charge in [-0.05, 0) is 62.1 Å². The molecular formula is C25H29Cl2N5O2S. The van der Waals surface area contributed by atoms with Gasteiger partial charge in [-0.25, -0.2) is 4.98 Å². The molecule has 0 atom stereocenters. The van der Waals surface area contributed by atoms with E-state index in [2.05, 4.69) is 25.5 Å². The molecule has 1 fully saturated rings. The number of ether oxygens (including phenoxy) is 1. The second kappa shape index (κ2) is 11.6. The standard InChI is InChI=1S/C25H28ClN5O2S.ClH/c1-33-18-3-4-21-19(12-18)24(20(26)14-28-21)31-10-7-16(8-11-31)6-9-27-13-17-2-5-22-25(29-17)30-23(32)15-34-22;/h2-5,12,14,16,27H,6-11,13,15H2,1H3,(H,29,30,32);1H. The fraction of sp³-hybridized carbons (Fsp3) is 0.400. The summed E-state index contributed by atoms with van der Waals surface area (Å²) in [6.07, 6.45) is 5.14. The molecule has 5 rings (SSSR count). The predicted molar refractivity (Wildman–Crippen MR) is 145 cm³/mol. The van der Waals surface area contributed by atoms with Gasteiger partial charge in [0.05, 0.1) is 39.7 Å². The summed E-state index contributed by atoms with van der Waals surface area (Å²) in [5, 5.41) is 8.10. The Bertz CT molecular complexity index is 1200. The third-order valence-electron chi connectivity index (χ3n) is 6.50. The molecule has 0 aliphatic carbocycles. The van der Waals surface area contributed by atoms with Gasteiger partial charge < -0.3 is 20.3 Å². The Balaban J connectivity index is 0.00000289. The zero-order valence-corrected chi connectivity index (χ0v) is 21.9. The molecule has 7 nitrogen and oxygen atoms in total. The first-order valence-corrected chi connectivity index (χ1v) is 13.0. The van der Waals surface area contributed by atoms with Gasteiger partial charge in [-0.3, -0.25) is 9.78 Å². The van der Waals surface area contributed by atoms with Crippen LogP contribution in [0.4, 0.5) is 11.5 Å². The number of anilines is 2. The minimum Gasteiger partial charge on any atom is -0.497 e. The number of carbonyl (C=O) groups is 1. The number of fused-ring (bicyclic) bond motifs is 2. The maximum Gasteiger partial charge on any atom is 0.235 e. The third kappa shape index (κ3) is 5.94. The van der Waals surface area contributed by atoms with Crippen LogP contribution in [0.25, 0.3) is 10.9 Å². The van der Waals surface area contributed by atoms with Gasteiger partial charge in [0.2, 0.25) is 5.91 Å². The van der Waals surface area contributed by atoms with E-state index in [0.717, 1.165) is 71.8 Å². The number of benzene rings is 1. The van der Waals surface area contributed by atoms with Gasteiger partial charge in [0.1, 0.15) is 11.6 Å². The SMILES string of the molecule is COc1ccc2ncc(Cl)c(N3CCC(CCNCc4ccc5c(n4)NC(=O)CS5)CC3)c2c1.Cl. The zero-order chi connectivity index (χ0) is 23.5. The zero-order valence-electron chi connectivity index (χ0n) is 19.6. The minimum atomic E-state index is 0. The van der Waals surface area contributed by atoms with Crippen molar-refractivity contribution in [3.05, 3.63) is 47.2 Å². The van der Waals surface area contributed by atoms with Gasteiger partial charge in [0.25, 0.3) is 0 Å². The summed E-state index contributed by atoms with van der Waals surface area (Å²) in [5.74, 6) is 2.66. The smallest absolute Gasteiger partial charge is 0.235 e. The van der Waals surface area contributed by atoms with E-state index in [1.807, 2.05) is 30.3 Å². The third-order valence-corrected chi connectivity index (χ3v) is 7.82. The number of pyridine rings is 2. The van der Waals surface area contributed by atoms with Gasteiger partial charge in [0.15, 0.2) is 0 Å². The Morgan fingerprint density at radius 1 is 1.26 bits per heavy atom. The fourth-order valence-corrected chi connectivity index (χ4v) is 5.68. The first-order chi connectivity index (χ1) is 16.6. The average molecular weight is 535 g/mol. The van der Waals surface area contributed by atoms with Crippen molar-refractivity contribution in [1.82, 2.24) is 15.3 Å². The highest BCUT2D eigenvalue weighted by Gasteiger charge is 2.23. The second-order valence-corrected chi connectivity index (χ2v) is 10.1. The molecule has 4 heterocycles. The normalized spacial score (nSPS) is 15.9. The maximum absolute atomic E-state index is 11.6. The number of hydrogen-bond acceptors (Lipinski definition) is 7. The second-order valence-electron chi connectivity index (χ2n) is 8.72. The molecule has 1 amide bonds. The van der Waals surface area contributed by atoms with Crippen LogP contribution in [0.2, 0.25) is 5.02 Å². The number of aromatic nitrogens is 2. The number of thioether (sulfide) groups is 1. The maximum atomic E-state index is 11.6. The largest absolute Gasteiger partial charge is 0.497 e. The van der Waals surface area contributed by atoms with Crippen LogP contribution in [0.5, 0.6) is 5.75 Å². The number of methoxy groups -OCH3 is 1. The number of halogens is 2. The van der Waals surface area contributed by atoms with E-state index in [4.69, 9.17) is 16.3 Å². The minimum absolute atomic E-state index is 0. The van der Waals surface area contributed by atoms with Crippen LogP contribution in [-0.2, 0) is 11.3 Å². The van der Waals surface area contributed by atoms with Crippen LogP contribution in [0.1, 0.15) is 25.0 Å².